The third kappa shape index (κ3) is 10.3. The number of allylic oxidation sites excluding steroid dienone is 2. The van der Waals surface area contributed by atoms with Crippen molar-refractivity contribution in [3.8, 4) is 11.5 Å². The molecule has 0 spiro atoms. The van der Waals surface area contributed by atoms with E-state index in [-0.39, 0.29) is 0 Å². The average molecular weight is 319 g/mol. The molecule has 0 amide bonds. The van der Waals surface area contributed by atoms with Crippen LogP contribution < -0.4 is 0 Å². The highest BCUT2D eigenvalue weighted by atomic mass is 28.3. The number of rotatable bonds is 8. The van der Waals surface area contributed by atoms with Crippen LogP contribution >= 0.6 is 0 Å². The zero-order chi connectivity index (χ0) is 16.3. The van der Waals surface area contributed by atoms with Crippen LogP contribution in [0, 0.1) is 17.4 Å². The molecule has 0 nitrogen and oxygen atoms in total. The van der Waals surface area contributed by atoms with Gasteiger partial charge in [-0.05, 0) is 30.8 Å². The third-order valence-corrected chi connectivity index (χ3v) is 5.40. The number of hydrogen-bond donors (Lipinski definition) is 0. The van der Waals surface area contributed by atoms with E-state index in [0.29, 0.717) is 0 Å². The summed E-state index contributed by atoms with van der Waals surface area (Å²) in [6.07, 6.45) is 19.1. The molecule has 1 rings (SSSR count). The molecule has 0 atom stereocenters. The Morgan fingerprint density at radius 2 is 1.68 bits per heavy atom. The fraction of sp³-hybridized carbons (Fsp3) is 0.810. The predicted octanol–water partition coefficient (Wildman–Crippen LogP) is 7.12. The first kappa shape index (κ1) is 19.6. The molecule has 0 bridgehead atoms. The molecular formula is C21H38Si. The van der Waals surface area contributed by atoms with Crippen molar-refractivity contribution in [3.05, 3.63) is 11.6 Å². The van der Waals surface area contributed by atoms with E-state index >= 15 is 0 Å². The fourth-order valence-electron chi connectivity index (χ4n) is 3.18. The fourth-order valence-corrected chi connectivity index (χ4v) is 3.72. The van der Waals surface area contributed by atoms with Crippen molar-refractivity contribution in [2.75, 3.05) is 0 Å². The minimum absolute atomic E-state index is 0.913. The summed E-state index contributed by atoms with van der Waals surface area (Å²) < 4.78 is 0. The minimum Gasteiger partial charge on any atom is -0.127 e. The van der Waals surface area contributed by atoms with E-state index in [9.17, 15) is 0 Å². The minimum atomic E-state index is -1.25. The largest absolute Gasteiger partial charge is 0.129 e. The summed E-state index contributed by atoms with van der Waals surface area (Å²) in [5.41, 5.74) is 5.06. The Bertz CT molecular complexity index is 369. The van der Waals surface area contributed by atoms with E-state index in [4.69, 9.17) is 0 Å². The molecule has 0 radical (unpaired) electrons. The summed E-state index contributed by atoms with van der Waals surface area (Å²) in [7, 11) is -1.25. The Morgan fingerprint density at radius 1 is 1.00 bits per heavy atom. The molecule has 0 aromatic carbocycles. The summed E-state index contributed by atoms with van der Waals surface area (Å²) in [6.45, 7) is 9.34. The average Bonchev–Trinajstić information content (AvgIpc) is 2.48. The van der Waals surface area contributed by atoms with Crippen molar-refractivity contribution in [3.63, 3.8) is 0 Å². The van der Waals surface area contributed by atoms with Crippen molar-refractivity contribution >= 4 is 8.07 Å². The second kappa shape index (κ2) is 11.1. The van der Waals surface area contributed by atoms with Crippen molar-refractivity contribution in [2.24, 2.45) is 5.92 Å². The maximum Gasteiger partial charge on any atom is 0.129 e. The van der Waals surface area contributed by atoms with Crippen LogP contribution in [-0.4, -0.2) is 8.07 Å². The van der Waals surface area contributed by atoms with Crippen LogP contribution in [0.1, 0.15) is 84.0 Å². The Kier molecular flexibility index (Phi) is 9.88. The molecule has 0 unspecified atom stereocenters. The van der Waals surface area contributed by atoms with Gasteiger partial charge in [-0.2, -0.15) is 0 Å². The van der Waals surface area contributed by atoms with Gasteiger partial charge in [0.15, 0.2) is 0 Å². The van der Waals surface area contributed by atoms with Gasteiger partial charge < -0.3 is 0 Å². The standard InChI is InChI=1S/C21H38Si/c1-5-6-7-8-9-11-16-21(17-18-22(2,3)4)19-20-14-12-10-13-15-20/h16,20H,5-15,19H2,1-4H3. The molecule has 1 aliphatic rings. The second-order valence-corrected chi connectivity index (χ2v) is 12.9. The summed E-state index contributed by atoms with van der Waals surface area (Å²) in [6, 6.07) is 0. The van der Waals surface area contributed by atoms with Crippen LogP contribution in [0.15, 0.2) is 11.6 Å². The molecule has 0 saturated heterocycles. The van der Waals surface area contributed by atoms with Crippen molar-refractivity contribution in [2.45, 2.75) is 104 Å². The molecule has 22 heavy (non-hydrogen) atoms. The van der Waals surface area contributed by atoms with E-state index in [1.807, 2.05) is 0 Å². The number of hydrogen-bond acceptors (Lipinski definition) is 0. The van der Waals surface area contributed by atoms with Crippen LogP contribution in [0.25, 0.3) is 0 Å². The molecule has 1 fully saturated rings. The maximum absolute atomic E-state index is 3.59. The van der Waals surface area contributed by atoms with Crippen molar-refractivity contribution in [1.82, 2.24) is 0 Å². The van der Waals surface area contributed by atoms with Crippen molar-refractivity contribution in [1.29, 1.82) is 0 Å². The zero-order valence-corrected chi connectivity index (χ0v) is 16.6. The lowest BCUT2D eigenvalue weighted by molar-refractivity contribution is 0.358. The topological polar surface area (TPSA) is 0 Å². The lowest BCUT2D eigenvalue weighted by Gasteiger charge is -2.21. The maximum atomic E-state index is 3.59. The molecule has 0 heterocycles. The van der Waals surface area contributed by atoms with E-state index in [1.165, 1.54) is 82.6 Å². The predicted molar refractivity (Wildman–Crippen MR) is 104 cm³/mol. The molecule has 0 aliphatic heterocycles. The Morgan fingerprint density at radius 3 is 2.32 bits per heavy atom. The Hall–Kier alpha value is -0.483. The molecule has 126 valence electrons. The molecule has 1 aliphatic carbocycles. The molecule has 0 N–H and O–H groups in total. The highest BCUT2D eigenvalue weighted by Crippen LogP contribution is 2.29. The number of unbranched alkanes of at least 4 members (excludes halogenated alkanes) is 5. The van der Waals surface area contributed by atoms with Gasteiger partial charge in [-0.1, -0.05) is 96.3 Å². The van der Waals surface area contributed by atoms with Gasteiger partial charge >= 0.3 is 0 Å². The van der Waals surface area contributed by atoms with Gasteiger partial charge in [0, 0.05) is 0 Å². The van der Waals surface area contributed by atoms with Crippen LogP contribution in [0.5, 0.6) is 0 Å². The van der Waals surface area contributed by atoms with Crippen LogP contribution in [-0.2, 0) is 0 Å². The van der Waals surface area contributed by atoms with E-state index in [0.717, 1.165) is 5.92 Å². The van der Waals surface area contributed by atoms with E-state index < -0.39 is 8.07 Å². The van der Waals surface area contributed by atoms with Gasteiger partial charge in [0.25, 0.3) is 0 Å². The summed E-state index contributed by atoms with van der Waals surface area (Å²) >= 11 is 0. The zero-order valence-electron chi connectivity index (χ0n) is 15.6. The first-order valence-corrected chi connectivity index (χ1v) is 13.2. The third-order valence-electron chi connectivity index (χ3n) is 4.53. The molecule has 1 heteroatoms. The molecule has 0 aromatic rings. The molecule has 0 aromatic heterocycles. The molecular weight excluding hydrogens is 280 g/mol. The second-order valence-electron chi connectivity index (χ2n) is 8.14. The van der Waals surface area contributed by atoms with Crippen LogP contribution in [0.2, 0.25) is 19.6 Å². The summed E-state index contributed by atoms with van der Waals surface area (Å²) in [5, 5.41) is 0. The highest BCUT2D eigenvalue weighted by Gasteiger charge is 2.15. The van der Waals surface area contributed by atoms with Gasteiger partial charge in [-0.3, -0.25) is 0 Å². The quantitative estimate of drug-likeness (QED) is 0.254. The van der Waals surface area contributed by atoms with Gasteiger partial charge in [0.1, 0.15) is 8.07 Å². The normalized spacial score (nSPS) is 17.2. The van der Waals surface area contributed by atoms with E-state index in [2.05, 4.69) is 44.1 Å². The molecule has 1 saturated carbocycles. The highest BCUT2D eigenvalue weighted by molar-refractivity contribution is 6.83. The lowest BCUT2D eigenvalue weighted by Crippen LogP contribution is -2.16. The van der Waals surface area contributed by atoms with Gasteiger partial charge in [0.2, 0.25) is 0 Å². The summed E-state index contributed by atoms with van der Waals surface area (Å²) in [4.78, 5) is 0. The van der Waals surface area contributed by atoms with E-state index in [1.54, 1.807) is 0 Å². The first-order valence-electron chi connectivity index (χ1n) is 9.73. The van der Waals surface area contributed by atoms with Gasteiger partial charge in [0.05, 0.1) is 0 Å². The van der Waals surface area contributed by atoms with Crippen LogP contribution in [0.3, 0.4) is 0 Å². The first-order chi connectivity index (χ1) is 10.5. The summed E-state index contributed by atoms with van der Waals surface area (Å²) in [5.74, 6) is 4.49. The monoisotopic (exact) mass is 318 g/mol. The van der Waals surface area contributed by atoms with Crippen molar-refractivity contribution < 1.29 is 0 Å². The Labute approximate surface area is 141 Å². The van der Waals surface area contributed by atoms with Gasteiger partial charge in [-0.15, -0.1) is 5.54 Å². The van der Waals surface area contributed by atoms with Crippen LogP contribution in [0.4, 0.5) is 0 Å². The van der Waals surface area contributed by atoms with Gasteiger partial charge in [-0.25, -0.2) is 0 Å². The Balaban J connectivity index is 2.50. The SMILES string of the molecule is CCCCCCCC=C(C#C[Si](C)(C)C)CC1CCCCC1. The lowest BCUT2D eigenvalue weighted by atomic mass is 9.84. The smallest absolute Gasteiger partial charge is 0.127 e.